The van der Waals surface area contributed by atoms with Crippen molar-refractivity contribution in [2.75, 3.05) is 13.7 Å². The number of esters is 1. The van der Waals surface area contributed by atoms with Crippen LogP contribution in [0.25, 0.3) is 0 Å². The molecule has 0 saturated carbocycles. The van der Waals surface area contributed by atoms with Crippen molar-refractivity contribution in [3.63, 3.8) is 0 Å². The molecule has 0 aromatic carbocycles. The number of fused-ring (bicyclic) bond motifs is 1. The number of hydrogen-bond donors (Lipinski definition) is 3. The van der Waals surface area contributed by atoms with E-state index < -0.39 is 45.1 Å². The normalized spacial score (nSPS) is 41.3. The molecule has 0 spiro atoms. The molecule has 26 heavy (non-hydrogen) atoms. The topological polar surface area (TPSA) is 122 Å². The van der Waals surface area contributed by atoms with Gasteiger partial charge >= 0.3 is 5.97 Å². The van der Waals surface area contributed by atoms with Crippen LogP contribution in [0.3, 0.4) is 0 Å². The van der Waals surface area contributed by atoms with Crippen molar-refractivity contribution in [1.29, 1.82) is 0 Å². The Morgan fingerprint density at radius 3 is 2.58 bits per heavy atom. The third-order valence-electron chi connectivity index (χ3n) is 4.84. The predicted molar refractivity (Wildman–Crippen MR) is 96.0 cm³/mol. The van der Waals surface area contributed by atoms with E-state index in [0.717, 1.165) is 11.8 Å². The summed E-state index contributed by atoms with van der Waals surface area (Å²) in [4.78, 5) is 35.1. The molecule has 2 saturated heterocycles. The van der Waals surface area contributed by atoms with Crippen molar-refractivity contribution in [2.24, 2.45) is 11.7 Å². The molecule has 4 atom stereocenters. The van der Waals surface area contributed by atoms with E-state index in [4.69, 9.17) is 22.1 Å². The number of aliphatic hydroxyl groups excluding tert-OH is 1. The highest BCUT2D eigenvalue weighted by molar-refractivity contribution is 8.01. The zero-order valence-electron chi connectivity index (χ0n) is 14.2. The van der Waals surface area contributed by atoms with Gasteiger partial charge in [0.05, 0.1) is 19.8 Å². The Morgan fingerprint density at radius 2 is 2.04 bits per heavy atom. The minimum absolute atomic E-state index is 0.146. The lowest BCUT2D eigenvalue weighted by Gasteiger charge is -2.60. The molecule has 3 aliphatic rings. The fourth-order valence-electron chi connectivity index (χ4n) is 3.55. The third kappa shape index (κ3) is 2.65. The van der Waals surface area contributed by atoms with Crippen LogP contribution < -0.4 is 11.1 Å². The molecule has 142 valence electrons. The minimum Gasteiger partial charge on any atom is -0.468 e. The van der Waals surface area contributed by atoms with Crippen LogP contribution in [0.1, 0.15) is 6.92 Å². The average Bonchev–Trinajstić information content (AvgIpc) is 2.62. The van der Waals surface area contributed by atoms with Crippen LogP contribution in [0, 0.1) is 5.92 Å². The third-order valence-corrected chi connectivity index (χ3v) is 7.41. The molecule has 2 amide bonds. The predicted octanol–water partition coefficient (Wildman–Crippen LogP) is -0.685. The number of halogens is 1. The summed E-state index contributed by atoms with van der Waals surface area (Å²) in [6.07, 6.45) is 5.68. The highest BCUT2D eigenvalue weighted by Crippen LogP contribution is 2.55. The fraction of sp³-hybridized carbons (Fsp3) is 0.562. The minimum atomic E-state index is -1.74. The van der Waals surface area contributed by atoms with E-state index in [9.17, 15) is 19.5 Å². The van der Waals surface area contributed by atoms with Crippen LogP contribution in [0.4, 0.5) is 0 Å². The summed E-state index contributed by atoms with van der Waals surface area (Å²) in [6.45, 7) is 1.17. The molecular weight excluding hydrogens is 382 g/mol. The Kier molecular flexibility index (Phi) is 4.85. The van der Waals surface area contributed by atoms with Gasteiger partial charge in [-0.1, -0.05) is 24.3 Å². The first-order valence-corrected chi connectivity index (χ1v) is 9.26. The lowest BCUT2D eigenvalue weighted by atomic mass is 9.82. The standard InChI is InChI=1S/C16H20ClN3O5S/c1-8(21)19-16(9-3-5-10(22)6-4-9)15(17,14(24)25-2)7-20-12(23)11(18)13(20)26-16/h3-6,9-11,13,22H,7,18H2,1-2H3,(H,19,21)/t9?,10?,11?,13-,15?,16?/m1/s1. The number of carbonyl (C=O) groups is 3. The molecule has 3 unspecified atom stereocenters. The maximum Gasteiger partial charge on any atom is 0.332 e. The lowest BCUT2D eigenvalue weighted by Crippen LogP contribution is -2.81. The van der Waals surface area contributed by atoms with Gasteiger partial charge in [0.1, 0.15) is 16.3 Å². The van der Waals surface area contributed by atoms with Crippen molar-refractivity contribution in [3.05, 3.63) is 24.3 Å². The highest BCUT2D eigenvalue weighted by atomic mass is 35.5. The number of alkyl halides is 1. The molecule has 1 aliphatic carbocycles. The number of nitrogens with two attached hydrogens (primary N) is 1. The number of carbonyl (C=O) groups excluding carboxylic acids is 3. The van der Waals surface area contributed by atoms with Gasteiger partial charge in [-0.2, -0.15) is 0 Å². The van der Waals surface area contributed by atoms with Crippen molar-refractivity contribution in [1.82, 2.24) is 10.2 Å². The summed E-state index contributed by atoms with van der Waals surface area (Å²) in [5.41, 5.74) is 5.92. The number of hydrogen-bond acceptors (Lipinski definition) is 7. The van der Waals surface area contributed by atoms with E-state index in [0.29, 0.717) is 0 Å². The second kappa shape index (κ2) is 6.56. The van der Waals surface area contributed by atoms with Gasteiger partial charge in [0.25, 0.3) is 0 Å². The SMILES string of the molecule is COC(=O)C1(Cl)CN2C(=O)C(N)[C@H]2SC1(NC(C)=O)C1C=CC(O)C=C1. The Hall–Kier alpha value is -1.55. The Labute approximate surface area is 159 Å². The molecule has 8 nitrogen and oxygen atoms in total. The zero-order valence-corrected chi connectivity index (χ0v) is 15.8. The number of nitrogens with zero attached hydrogens (tertiary/aromatic N) is 1. The van der Waals surface area contributed by atoms with Crippen molar-refractivity contribution in [2.45, 2.75) is 34.2 Å². The largest absolute Gasteiger partial charge is 0.468 e. The van der Waals surface area contributed by atoms with E-state index in [2.05, 4.69) is 5.32 Å². The van der Waals surface area contributed by atoms with Crippen LogP contribution in [0.2, 0.25) is 0 Å². The number of aliphatic hydroxyl groups is 1. The summed E-state index contributed by atoms with van der Waals surface area (Å²) < 4.78 is 4.91. The molecular formula is C16H20ClN3O5S. The summed E-state index contributed by atoms with van der Waals surface area (Å²) >= 11 is 7.95. The summed E-state index contributed by atoms with van der Waals surface area (Å²) in [5, 5.41) is 12.1. The molecule has 2 aliphatic heterocycles. The van der Waals surface area contributed by atoms with Crippen LogP contribution in [0.5, 0.6) is 0 Å². The number of rotatable bonds is 3. The van der Waals surface area contributed by atoms with Crippen molar-refractivity contribution in [3.8, 4) is 0 Å². The van der Waals surface area contributed by atoms with Crippen LogP contribution in [-0.2, 0) is 19.1 Å². The first kappa shape index (κ1) is 19.2. The molecule has 0 bridgehead atoms. The molecule has 3 rings (SSSR count). The van der Waals surface area contributed by atoms with E-state index in [-0.39, 0.29) is 12.5 Å². The first-order valence-electron chi connectivity index (χ1n) is 8.01. The molecule has 4 N–H and O–H groups in total. The van der Waals surface area contributed by atoms with E-state index in [1.54, 1.807) is 24.3 Å². The van der Waals surface area contributed by atoms with Gasteiger partial charge in [0.15, 0.2) is 4.87 Å². The van der Waals surface area contributed by atoms with Crippen LogP contribution in [-0.4, -0.2) is 68.7 Å². The summed E-state index contributed by atoms with van der Waals surface area (Å²) in [6, 6.07) is -0.742. The van der Waals surface area contributed by atoms with Gasteiger partial charge in [-0.25, -0.2) is 4.79 Å². The first-order chi connectivity index (χ1) is 12.2. The Morgan fingerprint density at radius 1 is 1.42 bits per heavy atom. The number of methoxy groups -OCH3 is 1. The van der Waals surface area contributed by atoms with Gasteiger partial charge in [-0.3, -0.25) is 9.59 Å². The molecule has 2 fully saturated rings. The van der Waals surface area contributed by atoms with Crippen molar-refractivity contribution < 1.29 is 24.2 Å². The molecule has 0 aromatic rings. The number of amides is 2. The second-order valence-corrected chi connectivity index (χ2v) is 8.50. The number of thioether (sulfide) groups is 1. The van der Waals surface area contributed by atoms with Crippen LogP contribution >= 0.6 is 23.4 Å². The molecule has 2 heterocycles. The van der Waals surface area contributed by atoms with E-state index >= 15 is 0 Å². The Bertz CT molecular complexity index is 702. The zero-order chi connectivity index (χ0) is 19.3. The van der Waals surface area contributed by atoms with Gasteiger partial charge in [-0.15, -0.1) is 23.4 Å². The molecule has 0 radical (unpaired) electrons. The van der Waals surface area contributed by atoms with E-state index in [1.807, 2.05) is 0 Å². The molecule has 0 aromatic heterocycles. The monoisotopic (exact) mass is 401 g/mol. The number of β-lactam (4-membered cyclic amide) rings is 1. The van der Waals surface area contributed by atoms with E-state index in [1.165, 1.54) is 18.9 Å². The Balaban J connectivity index is 2.12. The summed E-state index contributed by atoms with van der Waals surface area (Å²) in [7, 11) is 1.20. The smallest absolute Gasteiger partial charge is 0.332 e. The second-order valence-electron chi connectivity index (χ2n) is 6.50. The maximum absolute atomic E-state index is 12.7. The average molecular weight is 402 g/mol. The lowest BCUT2D eigenvalue weighted by molar-refractivity contribution is -0.153. The number of ether oxygens (including phenoxy) is 1. The highest BCUT2D eigenvalue weighted by Gasteiger charge is 2.69. The fourth-order valence-corrected chi connectivity index (χ4v) is 5.87. The van der Waals surface area contributed by atoms with Gasteiger partial charge in [0, 0.05) is 12.8 Å². The summed E-state index contributed by atoms with van der Waals surface area (Å²) in [5.74, 6) is -1.99. The van der Waals surface area contributed by atoms with Crippen LogP contribution in [0.15, 0.2) is 24.3 Å². The quantitative estimate of drug-likeness (QED) is 0.248. The maximum atomic E-state index is 12.7. The van der Waals surface area contributed by atoms with Gasteiger partial charge in [-0.05, 0) is 0 Å². The van der Waals surface area contributed by atoms with Crippen molar-refractivity contribution >= 4 is 41.1 Å². The van der Waals surface area contributed by atoms with Gasteiger partial charge < -0.3 is 25.8 Å². The molecule has 10 heteroatoms. The van der Waals surface area contributed by atoms with Gasteiger partial charge in [0.2, 0.25) is 11.8 Å². The number of nitrogens with one attached hydrogen (secondary N) is 1.